The number of methoxy groups -OCH3 is 1. The van der Waals surface area contributed by atoms with Gasteiger partial charge in [0.2, 0.25) is 0 Å². The predicted molar refractivity (Wildman–Crippen MR) is 104 cm³/mol. The number of thioether (sulfide) groups is 1. The van der Waals surface area contributed by atoms with Crippen LogP contribution in [0.2, 0.25) is 5.02 Å². The van der Waals surface area contributed by atoms with Crippen molar-refractivity contribution in [2.45, 2.75) is 32.0 Å². The third-order valence-electron chi connectivity index (χ3n) is 4.26. The highest BCUT2D eigenvalue weighted by Crippen LogP contribution is 2.27. The Hall–Kier alpha value is -1.76. The molecule has 0 fully saturated rings. The van der Waals surface area contributed by atoms with Gasteiger partial charge in [-0.2, -0.15) is 0 Å². The molecule has 5 nitrogen and oxygen atoms in total. The van der Waals surface area contributed by atoms with E-state index in [1.165, 1.54) is 11.8 Å². The van der Waals surface area contributed by atoms with E-state index in [0.29, 0.717) is 28.0 Å². The summed E-state index contributed by atoms with van der Waals surface area (Å²) in [6.07, 6.45) is 0.917. The minimum absolute atomic E-state index is 0.0707. The summed E-state index contributed by atoms with van der Waals surface area (Å²) in [4.78, 5) is 17.0. The number of ketones is 1. The van der Waals surface area contributed by atoms with Crippen molar-refractivity contribution in [2.24, 2.45) is 0 Å². The fourth-order valence-corrected chi connectivity index (χ4v) is 3.83. The molecule has 0 saturated carbocycles. The smallest absolute Gasteiger partial charge is 0.257 e. The fraction of sp³-hybridized carbons (Fsp3) is 0.368. The lowest BCUT2D eigenvalue weighted by Gasteiger charge is -2.09. The molecule has 3 aromatic rings. The molecular formula is C19H21ClN2O3S. The molecule has 1 aromatic carbocycles. The molecule has 3 rings (SSSR count). The highest BCUT2D eigenvalue weighted by molar-refractivity contribution is 7.99. The van der Waals surface area contributed by atoms with E-state index in [0.717, 1.165) is 29.9 Å². The van der Waals surface area contributed by atoms with Crippen LogP contribution in [-0.4, -0.2) is 34.8 Å². The zero-order valence-corrected chi connectivity index (χ0v) is 16.6. The highest BCUT2D eigenvalue weighted by Gasteiger charge is 2.17. The molecule has 0 aliphatic carbocycles. The SMILES string of the molecule is COCCCn1c(C)cc(C(=O)CSc2nc3cc(Cl)ccc3o2)c1C. The second-order valence-corrected chi connectivity index (χ2v) is 7.45. The Kier molecular flexibility index (Phi) is 6.06. The van der Waals surface area contributed by atoms with Crippen LogP contribution in [0.25, 0.3) is 11.1 Å². The van der Waals surface area contributed by atoms with Crippen LogP contribution < -0.4 is 0 Å². The zero-order valence-electron chi connectivity index (χ0n) is 15.0. The van der Waals surface area contributed by atoms with Gasteiger partial charge in [-0.3, -0.25) is 4.79 Å². The summed E-state index contributed by atoms with van der Waals surface area (Å²) in [5.74, 6) is 0.351. The molecule has 0 radical (unpaired) electrons. The first-order valence-corrected chi connectivity index (χ1v) is 9.73. The summed E-state index contributed by atoms with van der Waals surface area (Å²) in [6, 6.07) is 7.24. The maximum atomic E-state index is 12.7. The molecule has 7 heteroatoms. The van der Waals surface area contributed by atoms with Crippen molar-refractivity contribution in [2.75, 3.05) is 19.5 Å². The third-order valence-corrected chi connectivity index (χ3v) is 5.32. The lowest BCUT2D eigenvalue weighted by atomic mass is 10.2. The zero-order chi connectivity index (χ0) is 18.7. The number of aromatic nitrogens is 2. The number of benzene rings is 1. The molecule has 0 saturated heterocycles. The minimum Gasteiger partial charge on any atom is -0.431 e. The number of oxazole rings is 1. The molecule has 0 aliphatic rings. The number of carbonyl (C=O) groups excluding carboxylic acids is 1. The predicted octanol–water partition coefficient (Wildman–Crippen LogP) is 4.91. The van der Waals surface area contributed by atoms with Gasteiger partial charge in [0, 0.05) is 42.2 Å². The molecule has 0 bridgehead atoms. The van der Waals surface area contributed by atoms with Gasteiger partial charge >= 0.3 is 0 Å². The van der Waals surface area contributed by atoms with Crippen LogP contribution in [0.4, 0.5) is 0 Å². The van der Waals surface area contributed by atoms with Crippen LogP contribution in [0.1, 0.15) is 28.2 Å². The van der Waals surface area contributed by atoms with E-state index in [-0.39, 0.29) is 11.5 Å². The van der Waals surface area contributed by atoms with Gasteiger partial charge in [-0.05, 0) is 44.5 Å². The first-order valence-electron chi connectivity index (χ1n) is 8.37. The number of nitrogens with zero attached hydrogens (tertiary/aromatic N) is 2. The maximum Gasteiger partial charge on any atom is 0.257 e. The van der Waals surface area contributed by atoms with Gasteiger partial charge in [0.1, 0.15) is 5.52 Å². The van der Waals surface area contributed by atoms with Crippen LogP contribution in [-0.2, 0) is 11.3 Å². The molecular weight excluding hydrogens is 372 g/mol. The van der Waals surface area contributed by atoms with E-state index in [2.05, 4.69) is 9.55 Å². The number of hydrogen-bond donors (Lipinski definition) is 0. The second kappa shape index (κ2) is 8.29. The Morgan fingerprint density at radius 1 is 1.35 bits per heavy atom. The molecule has 2 aromatic heterocycles. The summed E-state index contributed by atoms with van der Waals surface area (Å²) >= 11 is 7.26. The Bertz CT molecular complexity index is 932. The van der Waals surface area contributed by atoms with Gasteiger partial charge in [-0.15, -0.1) is 0 Å². The summed E-state index contributed by atoms with van der Waals surface area (Å²) in [5, 5.41) is 1.09. The lowest BCUT2D eigenvalue weighted by Crippen LogP contribution is -2.08. The Labute approximate surface area is 161 Å². The van der Waals surface area contributed by atoms with E-state index in [1.54, 1.807) is 25.3 Å². The van der Waals surface area contributed by atoms with Crippen molar-refractivity contribution >= 4 is 40.2 Å². The molecule has 0 N–H and O–H groups in total. The topological polar surface area (TPSA) is 57.3 Å². The van der Waals surface area contributed by atoms with Gasteiger partial charge in [-0.25, -0.2) is 4.98 Å². The molecule has 0 spiro atoms. The van der Waals surface area contributed by atoms with Gasteiger partial charge in [0.15, 0.2) is 11.4 Å². The van der Waals surface area contributed by atoms with Crippen LogP contribution in [0.5, 0.6) is 0 Å². The Morgan fingerprint density at radius 2 is 2.15 bits per heavy atom. The quantitative estimate of drug-likeness (QED) is 0.309. The van der Waals surface area contributed by atoms with Crippen LogP contribution in [0, 0.1) is 13.8 Å². The number of ether oxygens (including phenoxy) is 1. The molecule has 0 aliphatic heterocycles. The summed E-state index contributed by atoms with van der Waals surface area (Å²) in [5.41, 5.74) is 4.20. The number of fused-ring (bicyclic) bond motifs is 1. The third kappa shape index (κ3) is 4.14. The van der Waals surface area contributed by atoms with Crippen molar-refractivity contribution < 1.29 is 13.9 Å². The number of Topliss-reactive ketones (excluding diaryl/α,β-unsaturated/α-hetero) is 1. The van der Waals surface area contributed by atoms with Gasteiger partial charge < -0.3 is 13.7 Å². The van der Waals surface area contributed by atoms with Gasteiger partial charge in [-0.1, -0.05) is 23.4 Å². The fourth-order valence-electron chi connectivity index (χ4n) is 2.94. The van der Waals surface area contributed by atoms with Crippen molar-refractivity contribution in [3.8, 4) is 0 Å². The summed E-state index contributed by atoms with van der Waals surface area (Å²) < 4.78 is 12.9. The average Bonchev–Trinajstić information content (AvgIpc) is 3.14. The lowest BCUT2D eigenvalue weighted by molar-refractivity contribution is 0.102. The monoisotopic (exact) mass is 392 g/mol. The van der Waals surface area contributed by atoms with E-state index in [1.807, 2.05) is 19.9 Å². The number of aryl methyl sites for hydroxylation is 1. The van der Waals surface area contributed by atoms with Gasteiger partial charge in [0.05, 0.1) is 5.75 Å². The minimum atomic E-state index is 0.0707. The van der Waals surface area contributed by atoms with E-state index in [4.69, 9.17) is 20.8 Å². The highest BCUT2D eigenvalue weighted by atomic mass is 35.5. The summed E-state index contributed by atoms with van der Waals surface area (Å²) in [7, 11) is 1.70. The Balaban J connectivity index is 1.68. The molecule has 0 atom stereocenters. The molecule has 0 unspecified atom stereocenters. The average molecular weight is 393 g/mol. The first-order chi connectivity index (χ1) is 12.5. The standard InChI is InChI=1S/C19H21ClN2O3S/c1-12-9-15(13(2)22(12)7-4-8-24-3)17(23)11-26-19-21-16-10-14(20)5-6-18(16)25-19/h5-6,9-10H,4,7-8,11H2,1-3H3. The van der Waals surface area contributed by atoms with Crippen molar-refractivity contribution in [3.05, 3.63) is 46.2 Å². The second-order valence-electron chi connectivity index (χ2n) is 6.09. The van der Waals surface area contributed by atoms with Crippen molar-refractivity contribution in [1.82, 2.24) is 9.55 Å². The van der Waals surface area contributed by atoms with E-state index in [9.17, 15) is 4.79 Å². The van der Waals surface area contributed by atoms with E-state index < -0.39 is 0 Å². The molecule has 0 amide bonds. The van der Waals surface area contributed by atoms with Crippen molar-refractivity contribution in [1.29, 1.82) is 0 Å². The van der Waals surface area contributed by atoms with Crippen LogP contribution in [0.3, 0.4) is 0 Å². The van der Waals surface area contributed by atoms with E-state index >= 15 is 0 Å². The molecule has 26 heavy (non-hydrogen) atoms. The van der Waals surface area contributed by atoms with Gasteiger partial charge in [0.25, 0.3) is 5.22 Å². The molecule has 2 heterocycles. The summed E-state index contributed by atoms with van der Waals surface area (Å²) in [6.45, 7) is 5.56. The Morgan fingerprint density at radius 3 is 2.92 bits per heavy atom. The van der Waals surface area contributed by atoms with Crippen LogP contribution in [0.15, 0.2) is 33.9 Å². The number of halogens is 1. The van der Waals surface area contributed by atoms with Crippen LogP contribution >= 0.6 is 23.4 Å². The number of rotatable bonds is 8. The number of carbonyl (C=O) groups is 1. The largest absolute Gasteiger partial charge is 0.431 e. The molecule has 138 valence electrons. The van der Waals surface area contributed by atoms with Crippen molar-refractivity contribution in [3.63, 3.8) is 0 Å². The maximum absolute atomic E-state index is 12.7. The number of hydrogen-bond acceptors (Lipinski definition) is 5. The first kappa shape index (κ1) is 19.0. The normalized spacial score (nSPS) is 11.4.